The molecule has 0 radical (unpaired) electrons. The van der Waals surface area contributed by atoms with Gasteiger partial charge in [0.2, 0.25) is 10.0 Å². The molecule has 1 atom stereocenters. The zero-order chi connectivity index (χ0) is 33.2. The van der Waals surface area contributed by atoms with Gasteiger partial charge < -0.3 is 20.1 Å². The molecule has 5 aromatic rings. The first kappa shape index (κ1) is 33.5. The van der Waals surface area contributed by atoms with E-state index in [1.54, 1.807) is 49.4 Å². The molecule has 0 unspecified atom stereocenters. The van der Waals surface area contributed by atoms with Gasteiger partial charge in [0.15, 0.2) is 0 Å². The van der Waals surface area contributed by atoms with Gasteiger partial charge in [0.05, 0.1) is 17.5 Å². The minimum absolute atomic E-state index is 0.112. The van der Waals surface area contributed by atoms with E-state index in [2.05, 4.69) is 9.62 Å². The van der Waals surface area contributed by atoms with E-state index in [0.717, 1.165) is 22.3 Å². The smallest absolute Gasteiger partial charge is 0.232 e. The summed E-state index contributed by atoms with van der Waals surface area (Å²) in [6.07, 6.45) is -0.966. The fourth-order valence-corrected chi connectivity index (χ4v) is 6.04. The van der Waals surface area contributed by atoms with Crippen LogP contribution < -0.4 is 9.46 Å². The van der Waals surface area contributed by atoms with Crippen LogP contribution in [0.3, 0.4) is 0 Å². The van der Waals surface area contributed by atoms with Crippen molar-refractivity contribution in [3.63, 3.8) is 0 Å². The fourth-order valence-electron chi connectivity index (χ4n) is 5.41. The van der Waals surface area contributed by atoms with Crippen molar-refractivity contribution in [2.24, 2.45) is 0 Å². The minimum Gasteiger partial charge on any atom is -0.508 e. The number of rotatable bonds is 15. The molecule has 0 aliphatic heterocycles. The summed E-state index contributed by atoms with van der Waals surface area (Å²) in [4.78, 5) is 2.15. The molecule has 0 fully saturated rings. The molecule has 0 aliphatic rings. The highest BCUT2D eigenvalue weighted by molar-refractivity contribution is 7.92. The molecule has 0 heterocycles. The Morgan fingerprint density at radius 1 is 0.702 bits per heavy atom. The molecule has 0 aromatic heterocycles. The summed E-state index contributed by atoms with van der Waals surface area (Å²) in [6.45, 7) is 3.11. The standard InChI is InChI=1S/C38H40N2O6S/c1-2-47(44,45)39-36-23-32(17-22-38(36)46-27-29-11-7-4-8-12-29)37(43)26-40(24-28-9-5-3-6-10-28)25-35(30-13-18-33(41)19-14-30)31-15-20-34(42)21-16-31/h3-23,35,37,39,41-43H,2,24-27H2,1H3/t37-/m0/s1. The van der Waals surface area contributed by atoms with Crippen molar-refractivity contribution >= 4 is 15.7 Å². The number of aliphatic hydroxyl groups is 1. The number of hydrogen-bond donors (Lipinski definition) is 4. The molecule has 8 nitrogen and oxygen atoms in total. The normalized spacial score (nSPS) is 12.3. The number of aliphatic hydroxyl groups excluding tert-OH is 1. The molecule has 5 aromatic carbocycles. The van der Waals surface area contributed by atoms with E-state index >= 15 is 0 Å². The molecule has 4 N–H and O–H groups in total. The number of phenolic OH excluding ortho intramolecular Hbond substituents is 2. The molecule has 244 valence electrons. The number of benzene rings is 5. The summed E-state index contributed by atoms with van der Waals surface area (Å²) in [6, 6.07) is 38.8. The van der Waals surface area contributed by atoms with Gasteiger partial charge in [0.25, 0.3) is 0 Å². The van der Waals surface area contributed by atoms with E-state index in [9.17, 15) is 23.7 Å². The summed E-state index contributed by atoms with van der Waals surface area (Å²) >= 11 is 0. The van der Waals surface area contributed by atoms with Crippen LogP contribution in [0.2, 0.25) is 0 Å². The monoisotopic (exact) mass is 652 g/mol. The average Bonchev–Trinajstić information content (AvgIpc) is 3.08. The first-order chi connectivity index (χ1) is 22.7. The molecular formula is C38H40N2O6S. The highest BCUT2D eigenvalue weighted by atomic mass is 32.2. The van der Waals surface area contributed by atoms with Gasteiger partial charge >= 0.3 is 0 Å². The van der Waals surface area contributed by atoms with Gasteiger partial charge in [-0.1, -0.05) is 91.0 Å². The van der Waals surface area contributed by atoms with E-state index in [1.165, 1.54) is 0 Å². The molecule has 0 amide bonds. The van der Waals surface area contributed by atoms with E-state index in [-0.39, 0.29) is 42.0 Å². The molecule has 0 aliphatic carbocycles. The van der Waals surface area contributed by atoms with Crippen LogP contribution in [0.5, 0.6) is 17.2 Å². The zero-order valence-electron chi connectivity index (χ0n) is 26.2. The maximum absolute atomic E-state index is 12.6. The molecule has 0 saturated carbocycles. The van der Waals surface area contributed by atoms with Crippen molar-refractivity contribution in [1.29, 1.82) is 0 Å². The molecule has 0 spiro atoms. The Labute approximate surface area is 276 Å². The van der Waals surface area contributed by atoms with Gasteiger partial charge in [-0.25, -0.2) is 8.42 Å². The summed E-state index contributed by atoms with van der Waals surface area (Å²) in [7, 11) is -3.63. The highest BCUT2D eigenvalue weighted by Crippen LogP contribution is 2.33. The highest BCUT2D eigenvalue weighted by Gasteiger charge is 2.23. The Morgan fingerprint density at radius 3 is 1.79 bits per heavy atom. The molecular weight excluding hydrogens is 612 g/mol. The lowest BCUT2D eigenvalue weighted by Gasteiger charge is -2.30. The Balaban J connectivity index is 1.44. The van der Waals surface area contributed by atoms with Gasteiger partial charge in [-0.3, -0.25) is 9.62 Å². The van der Waals surface area contributed by atoms with E-state index < -0.39 is 16.1 Å². The Hall–Kier alpha value is -4.83. The Bertz CT molecular complexity index is 1770. The minimum atomic E-state index is -3.63. The molecule has 0 saturated heterocycles. The van der Waals surface area contributed by atoms with Crippen molar-refractivity contribution in [3.05, 3.63) is 155 Å². The van der Waals surface area contributed by atoms with E-state index in [1.807, 2.05) is 84.9 Å². The number of anilines is 1. The number of hydrogen-bond acceptors (Lipinski definition) is 7. The van der Waals surface area contributed by atoms with Crippen LogP contribution >= 0.6 is 0 Å². The molecule has 9 heteroatoms. The van der Waals surface area contributed by atoms with Crippen molar-refractivity contribution in [3.8, 4) is 17.2 Å². The summed E-state index contributed by atoms with van der Waals surface area (Å²) < 4.78 is 33.9. The van der Waals surface area contributed by atoms with Gasteiger partial charge in [-0.05, 0) is 71.1 Å². The van der Waals surface area contributed by atoms with Crippen molar-refractivity contribution < 1.29 is 28.5 Å². The fraction of sp³-hybridized carbons (Fsp3) is 0.211. The first-order valence-corrected chi connectivity index (χ1v) is 17.2. The zero-order valence-corrected chi connectivity index (χ0v) is 27.1. The average molecular weight is 653 g/mol. The summed E-state index contributed by atoms with van der Waals surface area (Å²) in [5, 5.41) is 31.6. The third-order valence-electron chi connectivity index (χ3n) is 7.98. The number of ether oxygens (including phenoxy) is 1. The molecule has 47 heavy (non-hydrogen) atoms. The lowest BCUT2D eigenvalue weighted by atomic mass is 9.90. The third-order valence-corrected chi connectivity index (χ3v) is 9.27. The SMILES string of the molecule is CCS(=O)(=O)Nc1cc([C@@H](O)CN(Cc2ccccc2)CC(c2ccc(O)cc2)c2ccc(O)cc2)ccc1OCc1ccccc1. The van der Waals surface area contributed by atoms with E-state index in [0.29, 0.717) is 24.4 Å². The van der Waals surface area contributed by atoms with E-state index in [4.69, 9.17) is 4.74 Å². The number of nitrogens with one attached hydrogen (secondary N) is 1. The lowest BCUT2D eigenvalue weighted by molar-refractivity contribution is 0.107. The number of sulfonamides is 1. The van der Waals surface area contributed by atoms with Crippen LogP contribution in [0.25, 0.3) is 0 Å². The third kappa shape index (κ3) is 9.59. The van der Waals surface area contributed by atoms with Gasteiger partial charge in [0, 0.05) is 25.6 Å². The quantitative estimate of drug-likeness (QED) is 0.0982. The van der Waals surface area contributed by atoms with Crippen molar-refractivity contribution in [2.75, 3.05) is 23.6 Å². The maximum atomic E-state index is 12.6. The second kappa shape index (κ2) is 15.6. The van der Waals surface area contributed by atoms with Crippen molar-refractivity contribution in [2.45, 2.75) is 32.1 Å². The summed E-state index contributed by atoms with van der Waals surface area (Å²) in [5.41, 5.74) is 4.74. The Kier molecular flexibility index (Phi) is 11.2. The second-order valence-corrected chi connectivity index (χ2v) is 13.5. The van der Waals surface area contributed by atoms with Crippen molar-refractivity contribution in [1.82, 2.24) is 4.90 Å². The van der Waals surface area contributed by atoms with Crippen LogP contribution in [0, 0.1) is 0 Å². The predicted molar refractivity (Wildman–Crippen MR) is 185 cm³/mol. The van der Waals surface area contributed by atoms with Gasteiger partial charge in [-0.15, -0.1) is 0 Å². The number of phenols is 2. The number of aromatic hydroxyl groups is 2. The predicted octanol–water partition coefficient (Wildman–Crippen LogP) is 6.81. The largest absolute Gasteiger partial charge is 0.508 e. The maximum Gasteiger partial charge on any atom is 0.232 e. The molecule has 0 bridgehead atoms. The van der Waals surface area contributed by atoms with Crippen LogP contribution in [0.4, 0.5) is 5.69 Å². The van der Waals surface area contributed by atoms with Crippen LogP contribution in [-0.2, 0) is 23.2 Å². The lowest BCUT2D eigenvalue weighted by Crippen LogP contribution is -2.33. The van der Waals surface area contributed by atoms with Crippen LogP contribution in [-0.4, -0.2) is 47.5 Å². The topological polar surface area (TPSA) is 119 Å². The van der Waals surface area contributed by atoms with Gasteiger partial charge in [0.1, 0.15) is 23.9 Å². The van der Waals surface area contributed by atoms with Crippen LogP contribution in [0.1, 0.15) is 46.8 Å². The first-order valence-electron chi connectivity index (χ1n) is 15.5. The Morgan fingerprint density at radius 2 is 1.23 bits per heavy atom. The summed E-state index contributed by atoms with van der Waals surface area (Å²) in [5.74, 6) is 0.440. The second-order valence-electron chi connectivity index (χ2n) is 11.5. The molecule has 5 rings (SSSR count). The van der Waals surface area contributed by atoms with Crippen LogP contribution in [0.15, 0.2) is 127 Å². The number of nitrogens with zero attached hydrogens (tertiary/aromatic N) is 1. The van der Waals surface area contributed by atoms with Gasteiger partial charge in [-0.2, -0.15) is 0 Å².